The molecule has 0 radical (unpaired) electrons. The molecule has 1 aromatic heterocycles. The van der Waals surface area contributed by atoms with Crippen molar-refractivity contribution in [2.24, 2.45) is 5.92 Å². The Labute approximate surface area is 125 Å². The lowest BCUT2D eigenvalue weighted by molar-refractivity contribution is -0.123. The zero-order valence-corrected chi connectivity index (χ0v) is 13.1. The Morgan fingerprint density at radius 2 is 2.29 bits per heavy atom. The van der Waals surface area contributed by atoms with Gasteiger partial charge in [0.1, 0.15) is 6.54 Å². The van der Waals surface area contributed by atoms with Gasteiger partial charge in [0.05, 0.1) is 22.7 Å². The van der Waals surface area contributed by atoms with Gasteiger partial charge >= 0.3 is 0 Å². The van der Waals surface area contributed by atoms with Gasteiger partial charge < -0.3 is 16.2 Å². The number of aliphatic hydroxyl groups is 1. The van der Waals surface area contributed by atoms with Crippen molar-refractivity contribution >= 4 is 11.6 Å². The molecule has 0 aliphatic heterocycles. The molecule has 6 nitrogen and oxygen atoms in total. The lowest BCUT2D eigenvalue weighted by Crippen LogP contribution is -2.46. The predicted octanol–water partition coefficient (Wildman–Crippen LogP) is 1.14. The Kier molecular flexibility index (Phi) is 4.56. The Balaban J connectivity index is 1.88. The van der Waals surface area contributed by atoms with Crippen molar-refractivity contribution in [1.29, 1.82) is 0 Å². The summed E-state index contributed by atoms with van der Waals surface area (Å²) < 4.78 is 1.60. The molecule has 2 unspecified atom stereocenters. The van der Waals surface area contributed by atoms with E-state index in [0.717, 1.165) is 37.1 Å². The molecule has 1 aliphatic rings. The van der Waals surface area contributed by atoms with Crippen LogP contribution in [0, 0.1) is 19.8 Å². The summed E-state index contributed by atoms with van der Waals surface area (Å²) in [5, 5.41) is 17.6. The van der Waals surface area contributed by atoms with E-state index in [1.807, 2.05) is 13.8 Å². The van der Waals surface area contributed by atoms with E-state index in [0.29, 0.717) is 18.2 Å². The number of anilines is 1. The van der Waals surface area contributed by atoms with Crippen LogP contribution in [0.4, 0.5) is 5.69 Å². The highest BCUT2D eigenvalue weighted by Crippen LogP contribution is 2.31. The fraction of sp³-hybridized carbons (Fsp3) is 0.733. The van der Waals surface area contributed by atoms with Crippen molar-refractivity contribution in [3.63, 3.8) is 0 Å². The number of aryl methyl sites for hydroxylation is 1. The highest BCUT2D eigenvalue weighted by atomic mass is 16.3. The molecule has 1 amide bonds. The molecule has 2 rings (SSSR count). The highest BCUT2D eigenvalue weighted by molar-refractivity contribution is 5.76. The molecule has 1 aromatic rings. The summed E-state index contributed by atoms with van der Waals surface area (Å²) in [4.78, 5) is 12.0. The monoisotopic (exact) mass is 294 g/mol. The van der Waals surface area contributed by atoms with E-state index in [1.54, 1.807) is 4.68 Å². The van der Waals surface area contributed by atoms with Crippen LogP contribution in [0.3, 0.4) is 0 Å². The number of amides is 1. The maximum atomic E-state index is 12.0. The Bertz CT molecular complexity index is 526. The number of nitrogens with two attached hydrogens (primary N) is 1. The van der Waals surface area contributed by atoms with Gasteiger partial charge in [0.25, 0.3) is 0 Å². The lowest BCUT2D eigenvalue weighted by atomic mass is 9.79. The quantitative estimate of drug-likeness (QED) is 0.776. The highest BCUT2D eigenvalue weighted by Gasteiger charge is 2.32. The molecule has 21 heavy (non-hydrogen) atoms. The zero-order chi connectivity index (χ0) is 15.6. The first-order valence-corrected chi connectivity index (χ1v) is 7.59. The number of hydrogen-bond donors (Lipinski definition) is 3. The van der Waals surface area contributed by atoms with Crippen LogP contribution in [-0.4, -0.2) is 32.9 Å². The van der Waals surface area contributed by atoms with Gasteiger partial charge in [-0.2, -0.15) is 5.10 Å². The zero-order valence-electron chi connectivity index (χ0n) is 13.1. The summed E-state index contributed by atoms with van der Waals surface area (Å²) >= 11 is 0. The van der Waals surface area contributed by atoms with Crippen molar-refractivity contribution < 1.29 is 9.90 Å². The van der Waals surface area contributed by atoms with E-state index in [-0.39, 0.29) is 12.5 Å². The summed E-state index contributed by atoms with van der Waals surface area (Å²) in [5.41, 5.74) is 7.25. The number of nitrogens with zero attached hydrogens (tertiary/aromatic N) is 2. The van der Waals surface area contributed by atoms with Gasteiger partial charge in [-0.05, 0) is 32.6 Å². The van der Waals surface area contributed by atoms with Crippen LogP contribution in [0.1, 0.15) is 44.0 Å². The minimum Gasteiger partial charge on any atom is -0.396 e. The van der Waals surface area contributed by atoms with Crippen LogP contribution >= 0.6 is 0 Å². The van der Waals surface area contributed by atoms with Crippen molar-refractivity contribution in [1.82, 2.24) is 15.1 Å². The van der Waals surface area contributed by atoms with Crippen LogP contribution in [0.25, 0.3) is 0 Å². The van der Waals surface area contributed by atoms with Crippen molar-refractivity contribution in [2.45, 2.75) is 58.6 Å². The Morgan fingerprint density at radius 1 is 1.57 bits per heavy atom. The van der Waals surface area contributed by atoms with Crippen LogP contribution in [0.2, 0.25) is 0 Å². The molecule has 118 valence electrons. The lowest BCUT2D eigenvalue weighted by Gasteiger charge is -2.35. The predicted molar refractivity (Wildman–Crippen MR) is 81.7 cm³/mol. The molecular weight excluding hydrogens is 268 g/mol. The molecule has 4 N–H and O–H groups in total. The first kappa shape index (κ1) is 15.8. The molecule has 1 heterocycles. The molecule has 0 spiro atoms. The summed E-state index contributed by atoms with van der Waals surface area (Å²) in [5.74, 6) is 0.365. The van der Waals surface area contributed by atoms with Crippen LogP contribution < -0.4 is 11.1 Å². The first-order chi connectivity index (χ1) is 9.81. The largest absolute Gasteiger partial charge is 0.396 e. The van der Waals surface area contributed by atoms with Gasteiger partial charge in [-0.1, -0.05) is 19.8 Å². The first-order valence-electron chi connectivity index (χ1n) is 7.59. The summed E-state index contributed by atoms with van der Waals surface area (Å²) in [6, 6.07) is 0. The molecule has 6 heteroatoms. The second-order valence-electron chi connectivity index (χ2n) is 6.44. The van der Waals surface area contributed by atoms with E-state index in [1.165, 1.54) is 0 Å². The van der Waals surface area contributed by atoms with Crippen molar-refractivity contribution in [3.05, 3.63) is 11.4 Å². The second kappa shape index (κ2) is 6.05. The van der Waals surface area contributed by atoms with E-state index in [2.05, 4.69) is 17.3 Å². The molecular formula is C15H26N4O2. The Hall–Kier alpha value is -1.56. The fourth-order valence-corrected chi connectivity index (χ4v) is 3.11. The molecule has 2 atom stereocenters. The van der Waals surface area contributed by atoms with E-state index in [9.17, 15) is 9.90 Å². The van der Waals surface area contributed by atoms with Gasteiger partial charge in [-0.25, -0.2) is 0 Å². The SMILES string of the molecule is Cc1nn(CC(=O)NCC2(O)CCCC(C)C2)c(C)c1N. The van der Waals surface area contributed by atoms with Crippen LogP contribution in [-0.2, 0) is 11.3 Å². The van der Waals surface area contributed by atoms with Crippen LogP contribution in [0.15, 0.2) is 0 Å². The number of carbonyl (C=O) groups is 1. The summed E-state index contributed by atoms with van der Waals surface area (Å²) in [6.45, 7) is 6.26. The van der Waals surface area contributed by atoms with Crippen LogP contribution in [0.5, 0.6) is 0 Å². The number of nitrogens with one attached hydrogen (secondary N) is 1. The maximum Gasteiger partial charge on any atom is 0.241 e. The number of nitrogen functional groups attached to an aromatic ring is 1. The van der Waals surface area contributed by atoms with Crippen molar-refractivity contribution in [2.75, 3.05) is 12.3 Å². The molecule has 0 bridgehead atoms. The number of aromatic nitrogens is 2. The number of rotatable bonds is 4. The maximum absolute atomic E-state index is 12.0. The van der Waals surface area contributed by atoms with Crippen molar-refractivity contribution in [3.8, 4) is 0 Å². The van der Waals surface area contributed by atoms with E-state index >= 15 is 0 Å². The number of hydrogen-bond acceptors (Lipinski definition) is 4. The third-order valence-electron chi connectivity index (χ3n) is 4.41. The molecule has 0 saturated heterocycles. The molecule has 1 aliphatic carbocycles. The number of carbonyl (C=O) groups excluding carboxylic acids is 1. The third kappa shape index (κ3) is 3.75. The van der Waals surface area contributed by atoms with Gasteiger partial charge in [-0.15, -0.1) is 0 Å². The second-order valence-corrected chi connectivity index (χ2v) is 6.44. The Morgan fingerprint density at radius 3 is 2.86 bits per heavy atom. The normalized spacial score (nSPS) is 25.8. The fourth-order valence-electron chi connectivity index (χ4n) is 3.11. The topological polar surface area (TPSA) is 93.2 Å². The van der Waals surface area contributed by atoms with Gasteiger partial charge in [0.2, 0.25) is 5.91 Å². The molecule has 0 aromatic carbocycles. The average molecular weight is 294 g/mol. The van der Waals surface area contributed by atoms with Gasteiger partial charge in [0, 0.05) is 6.54 Å². The standard InChI is InChI=1S/C15H26N4O2/c1-10-5-4-6-15(21,7-10)9-17-13(20)8-19-12(3)14(16)11(2)18-19/h10,21H,4-9,16H2,1-3H3,(H,17,20). The van der Waals surface area contributed by atoms with E-state index < -0.39 is 5.60 Å². The van der Waals surface area contributed by atoms with E-state index in [4.69, 9.17) is 5.73 Å². The van der Waals surface area contributed by atoms with Gasteiger partial charge in [0.15, 0.2) is 0 Å². The average Bonchev–Trinajstić information content (AvgIpc) is 2.64. The molecule has 1 fully saturated rings. The summed E-state index contributed by atoms with van der Waals surface area (Å²) in [6.07, 6.45) is 3.67. The smallest absolute Gasteiger partial charge is 0.241 e. The van der Waals surface area contributed by atoms with Gasteiger partial charge in [-0.3, -0.25) is 9.48 Å². The third-order valence-corrected chi connectivity index (χ3v) is 4.41. The summed E-state index contributed by atoms with van der Waals surface area (Å²) in [7, 11) is 0. The molecule has 1 saturated carbocycles. The minimum atomic E-state index is -0.762. The minimum absolute atomic E-state index is 0.134.